The van der Waals surface area contributed by atoms with Crippen LogP contribution >= 0.6 is 11.6 Å². The predicted octanol–water partition coefficient (Wildman–Crippen LogP) is 5.00. The van der Waals surface area contributed by atoms with E-state index >= 15 is 0 Å². The van der Waals surface area contributed by atoms with Crippen molar-refractivity contribution in [2.75, 3.05) is 0 Å². The van der Waals surface area contributed by atoms with Gasteiger partial charge >= 0.3 is 6.61 Å². The zero-order valence-electron chi connectivity index (χ0n) is 12.2. The highest BCUT2D eigenvalue weighted by Gasteiger charge is 2.17. The summed E-state index contributed by atoms with van der Waals surface area (Å²) in [6, 6.07) is 5.19. The van der Waals surface area contributed by atoms with Gasteiger partial charge in [-0.15, -0.1) is 0 Å². The minimum absolute atomic E-state index is 0.198. The number of benzene rings is 1. The highest BCUT2D eigenvalue weighted by Crippen LogP contribution is 2.26. The molecule has 1 saturated carbocycles. The molecule has 2 nitrogen and oxygen atoms in total. The standard InChI is InChI=1S/C16H22ClF2NO/c1-11-3-2-4-14(7-5-11)20-10-12-9-13(17)6-8-15(12)21-16(18)19/h6,8-9,11,14,16,20H,2-5,7,10H2,1H3. The van der Waals surface area contributed by atoms with Crippen molar-refractivity contribution >= 4 is 11.6 Å². The third-order valence-corrected chi connectivity index (χ3v) is 4.31. The van der Waals surface area contributed by atoms with E-state index in [9.17, 15) is 8.78 Å². The van der Waals surface area contributed by atoms with Crippen LogP contribution in [-0.4, -0.2) is 12.7 Å². The van der Waals surface area contributed by atoms with Crippen LogP contribution in [0.1, 0.15) is 44.6 Å². The van der Waals surface area contributed by atoms with Gasteiger partial charge in [0.15, 0.2) is 0 Å². The van der Waals surface area contributed by atoms with Crippen LogP contribution in [0.25, 0.3) is 0 Å². The lowest BCUT2D eigenvalue weighted by molar-refractivity contribution is -0.0505. The Morgan fingerprint density at radius 2 is 2.10 bits per heavy atom. The van der Waals surface area contributed by atoms with Gasteiger partial charge in [-0.05, 0) is 43.4 Å². The number of hydrogen-bond donors (Lipinski definition) is 1. The van der Waals surface area contributed by atoms with Crippen LogP contribution in [0.15, 0.2) is 18.2 Å². The summed E-state index contributed by atoms with van der Waals surface area (Å²) in [6.07, 6.45) is 5.97. The molecule has 118 valence electrons. The van der Waals surface area contributed by atoms with Crippen molar-refractivity contribution in [2.45, 2.75) is 58.2 Å². The summed E-state index contributed by atoms with van der Waals surface area (Å²) < 4.78 is 29.4. The quantitative estimate of drug-likeness (QED) is 0.772. The molecule has 2 unspecified atom stereocenters. The number of rotatable bonds is 5. The molecule has 1 N–H and O–H groups in total. The average Bonchev–Trinajstić information content (AvgIpc) is 2.63. The van der Waals surface area contributed by atoms with Crippen LogP contribution in [0.4, 0.5) is 8.78 Å². The third kappa shape index (κ3) is 5.44. The number of halogens is 3. The van der Waals surface area contributed by atoms with Crippen molar-refractivity contribution in [3.05, 3.63) is 28.8 Å². The van der Waals surface area contributed by atoms with Gasteiger partial charge in [0.25, 0.3) is 0 Å². The van der Waals surface area contributed by atoms with E-state index in [0.29, 0.717) is 23.2 Å². The molecule has 0 aliphatic heterocycles. The molecule has 0 heterocycles. The first kappa shape index (κ1) is 16.5. The topological polar surface area (TPSA) is 21.3 Å². The van der Waals surface area contributed by atoms with E-state index in [1.54, 1.807) is 12.1 Å². The van der Waals surface area contributed by atoms with Crippen molar-refractivity contribution in [1.82, 2.24) is 5.32 Å². The molecule has 2 rings (SSSR count). The molecule has 1 aliphatic rings. The molecule has 5 heteroatoms. The molecule has 1 fully saturated rings. The molecule has 0 radical (unpaired) electrons. The average molecular weight is 318 g/mol. The van der Waals surface area contributed by atoms with Crippen molar-refractivity contribution in [3.63, 3.8) is 0 Å². The maximum atomic E-state index is 12.4. The number of ether oxygens (including phenoxy) is 1. The molecule has 0 amide bonds. The third-order valence-electron chi connectivity index (χ3n) is 4.08. The van der Waals surface area contributed by atoms with Gasteiger partial charge in [-0.1, -0.05) is 31.4 Å². The van der Waals surface area contributed by atoms with Gasteiger partial charge < -0.3 is 10.1 Å². The first-order chi connectivity index (χ1) is 10.0. The fourth-order valence-electron chi connectivity index (χ4n) is 2.84. The maximum Gasteiger partial charge on any atom is 0.387 e. The second-order valence-electron chi connectivity index (χ2n) is 5.82. The van der Waals surface area contributed by atoms with Gasteiger partial charge in [-0.2, -0.15) is 8.78 Å². The summed E-state index contributed by atoms with van der Waals surface area (Å²) in [5.41, 5.74) is 0.681. The van der Waals surface area contributed by atoms with Crippen molar-refractivity contribution < 1.29 is 13.5 Å². The van der Waals surface area contributed by atoms with Crippen molar-refractivity contribution in [2.24, 2.45) is 5.92 Å². The minimum Gasteiger partial charge on any atom is -0.434 e. The van der Waals surface area contributed by atoms with E-state index < -0.39 is 6.61 Å². The van der Waals surface area contributed by atoms with Gasteiger partial charge in [0, 0.05) is 23.2 Å². The van der Waals surface area contributed by atoms with E-state index in [1.807, 2.05) is 0 Å². The molecular weight excluding hydrogens is 296 g/mol. The van der Waals surface area contributed by atoms with Crippen LogP contribution in [0.2, 0.25) is 5.02 Å². The van der Waals surface area contributed by atoms with Gasteiger partial charge in [0.2, 0.25) is 0 Å². The first-order valence-electron chi connectivity index (χ1n) is 7.51. The zero-order valence-corrected chi connectivity index (χ0v) is 13.0. The molecule has 2 atom stereocenters. The Labute approximate surface area is 129 Å². The molecule has 1 aliphatic carbocycles. The largest absolute Gasteiger partial charge is 0.434 e. The number of hydrogen-bond acceptors (Lipinski definition) is 2. The monoisotopic (exact) mass is 317 g/mol. The Morgan fingerprint density at radius 3 is 2.86 bits per heavy atom. The highest BCUT2D eigenvalue weighted by molar-refractivity contribution is 6.30. The fraction of sp³-hybridized carbons (Fsp3) is 0.625. The van der Waals surface area contributed by atoms with E-state index in [0.717, 1.165) is 18.8 Å². The minimum atomic E-state index is -2.82. The molecule has 0 saturated heterocycles. The van der Waals surface area contributed by atoms with E-state index in [1.165, 1.54) is 25.3 Å². The summed E-state index contributed by atoms with van der Waals surface area (Å²) >= 11 is 5.95. The lowest BCUT2D eigenvalue weighted by Gasteiger charge is -2.18. The second kappa shape index (κ2) is 7.95. The summed E-state index contributed by atoms with van der Waals surface area (Å²) in [4.78, 5) is 0. The summed E-state index contributed by atoms with van der Waals surface area (Å²) in [6.45, 7) is -0.0288. The van der Waals surface area contributed by atoms with Crippen molar-refractivity contribution in [1.29, 1.82) is 0 Å². The lowest BCUT2D eigenvalue weighted by Crippen LogP contribution is -2.28. The van der Waals surface area contributed by atoms with E-state index in [4.69, 9.17) is 11.6 Å². The van der Waals surface area contributed by atoms with E-state index in [2.05, 4.69) is 17.0 Å². The van der Waals surface area contributed by atoms with Crippen LogP contribution in [-0.2, 0) is 6.54 Å². The van der Waals surface area contributed by atoms with Crippen LogP contribution < -0.4 is 10.1 Å². The normalized spacial score (nSPS) is 23.1. The first-order valence-corrected chi connectivity index (χ1v) is 7.89. The number of alkyl halides is 2. The molecule has 21 heavy (non-hydrogen) atoms. The van der Waals surface area contributed by atoms with Crippen LogP contribution in [0.5, 0.6) is 5.75 Å². The Morgan fingerprint density at radius 1 is 1.29 bits per heavy atom. The van der Waals surface area contributed by atoms with Gasteiger partial charge in [-0.3, -0.25) is 0 Å². The Kier molecular flexibility index (Phi) is 6.24. The highest BCUT2D eigenvalue weighted by atomic mass is 35.5. The molecule has 0 spiro atoms. The molecular formula is C16H22ClF2NO. The molecule has 1 aromatic carbocycles. The second-order valence-corrected chi connectivity index (χ2v) is 6.26. The number of nitrogens with one attached hydrogen (secondary N) is 1. The molecule has 0 bridgehead atoms. The van der Waals surface area contributed by atoms with Crippen LogP contribution in [0, 0.1) is 5.92 Å². The lowest BCUT2D eigenvalue weighted by atomic mass is 10.0. The van der Waals surface area contributed by atoms with Gasteiger partial charge in [0.1, 0.15) is 5.75 Å². The predicted molar refractivity (Wildman–Crippen MR) is 81.0 cm³/mol. The van der Waals surface area contributed by atoms with Crippen LogP contribution in [0.3, 0.4) is 0 Å². The SMILES string of the molecule is CC1CCCC(NCc2cc(Cl)ccc2OC(F)F)CC1. The summed E-state index contributed by atoms with van der Waals surface area (Å²) in [5.74, 6) is 0.976. The molecule has 0 aromatic heterocycles. The van der Waals surface area contributed by atoms with Gasteiger partial charge in [0.05, 0.1) is 0 Å². The zero-order chi connectivity index (χ0) is 15.2. The maximum absolute atomic E-state index is 12.4. The molecule has 1 aromatic rings. The fourth-order valence-corrected chi connectivity index (χ4v) is 3.04. The smallest absolute Gasteiger partial charge is 0.387 e. The summed E-state index contributed by atoms with van der Waals surface area (Å²) in [7, 11) is 0. The Hall–Kier alpha value is -0.870. The Balaban J connectivity index is 1.96. The summed E-state index contributed by atoms with van der Waals surface area (Å²) in [5, 5.41) is 3.99. The Bertz CT molecular complexity index is 456. The van der Waals surface area contributed by atoms with Crippen molar-refractivity contribution in [3.8, 4) is 5.75 Å². The van der Waals surface area contributed by atoms with Gasteiger partial charge in [-0.25, -0.2) is 0 Å². The van der Waals surface area contributed by atoms with E-state index in [-0.39, 0.29) is 5.75 Å².